The highest BCUT2D eigenvalue weighted by Gasteiger charge is 2.23. The smallest absolute Gasteiger partial charge is 0.253 e. The fraction of sp³-hybridized carbons (Fsp3) is 0.300. The zero-order valence-corrected chi connectivity index (χ0v) is 18.0. The first-order chi connectivity index (χ1) is 13.8. The molecule has 0 saturated carbocycles. The Morgan fingerprint density at radius 1 is 1.17 bits per heavy atom. The number of hydrogen-bond donors (Lipinski definition) is 1. The van der Waals surface area contributed by atoms with Gasteiger partial charge >= 0.3 is 0 Å². The topological polar surface area (TPSA) is 79.4 Å². The van der Waals surface area contributed by atoms with Gasteiger partial charge in [-0.3, -0.25) is 9.78 Å². The van der Waals surface area contributed by atoms with Crippen LogP contribution in [-0.4, -0.2) is 36.7 Å². The van der Waals surface area contributed by atoms with Crippen molar-refractivity contribution in [1.29, 1.82) is 0 Å². The number of halogens is 1. The molecule has 6 nitrogen and oxygen atoms in total. The fourth-order valence-electron chi connectivity index (χ4n) is 3.01. The number of carbonyl (C=O) groups excluding carboxylic acids is 1. The van der Waals surface area contributed by atoms with E-state index in [0.29, 0.717) is 35.2 Å². The summed E-state index contributed by atoms with van der Waals surface area (Å²) in [7, 11) is -3.51. The lowest BCUT2D eigenvalue weighted by molar-refractivity contribution is 0.0950. The molecule has 0 unspecified atom stereocenters. The first-order valence-electron chi connectivity index (χ1n) is 9.20. The number of carbonyl (C=O) groups is 1. The minimum absolute atomic E-state index is 0.207. The molecule has 2 aromatic heterocycles. The van der Waals surface area contributed by atoms with Crippen molar-refractivity contribution in [2.45, 2.75) is 31.5 Å². The minimum Gasteiger partial charge on any atom is -0.347 e. The van der Waals surface area contributed by atoms with Gasteiger partial charge in [-0.15, -0.1) is 11.3 Å². The zero-order valence-electron chi connectivity index (χ0n) is 16.4. The lowest BCUT2D eigenvalue weighted by Gasteiger charge is -2.16. The van der Waals surface area contributed by atoms with E-state index in [1.54, 1.807) is 45.0 Å². The quantitative estimate of drug-likeness (QED) is 0.614. The van der Waals surface area contributed by atoms with E-state index < -0.39 is 10.0 Å². The third-order valence-corrected chi connectivity index (χ3v) is 8.18. The Labute approximate surface area is 173 Å². The van der Waals surface area contributed by atoms with E-state index in [1.165, 1.54) is 16.4 Å². The first-order valence-corrected chi connectivity index (χ1v) is 11.5. The lowest BCUT2D eigenvalue weighted by atomic mass is 10.1. The van der Waals surface area contributed by atoms with Crippen LogP contribution in [0.1, 0.15) is 34.8 Å². The van der Waals surface area contributed by atoms with Gasteiger partial charge in [0.1, 0.15) is 10.0 Å². The van der Waals surface area contributed by atoms with Crippen LogP contribution in [0.25, 0.3) is 10.9 Å². The summed E-state index contributed by atoms with van der Waals surface area (Å²) in [4.78, 5) is 17.6. The van der Waals surface area contributed by atoms with Gasteiger partial charge in [0.2, 0.25) is 0 Å². The maximum absolute atomic E-state index is 13.4. The molecular weight excluding hydrogens is 413 g/mol. The predicted molar refractivity (Wildman–Crippen MR) is 112 cm³/mol. The summed E-state index contributed by atoms with van der Waals surface area (Å²) >= 11 is 1.14. The van der Waals surface area contributed by atoms with E-state index in [0.717, 1.165) is 16.2 Å². The van der Waals surface area contributed by atoms with Crippen LogP contribution in [0.3, 0.4) is 0 Å². The van der Waals surface area contributed by atoms with E-state index in [1.807, 2.05) is 0 Å². The average Bonchev–Trinajstić information content (AvgIpc) is 3.16. The third-order valence-electron chi connectivity index (χ3n) is 4.57. The molecule has 154 valence electrons. The molecule has 0 bridgehead atoms. The van der Waals surface area contributed by atoms with Gasteiger partial charge in [0, 0.05) is 29.4 Å². The van der Waals surface area contributed by atoms with Crippen LogP contribution in [0, 0.1) is 12.7 Å². The van der Waals surface area contributed by atoms with Crippen LogP contribution in [0.15, 0.2) is 40.6 Å². The molecule has 29 heavy (non-hydrogen) atoms. The fourth-order valence-corrected chi connectivity index (χ4v) is 5.92. The molecule has 1 amide bonds. The second kappa shape index (κ2) is 8.56. The summed E-state index contributed by atoms with van der Waals surface area (Å²) in [6.07, 6.45) is 0. The van der Waals surface area contributed by atoms with Gasteiger partial charge in [-0.2, -0.15) is 4.31 Å². The van der Waals surface area contributed by atoms with Gasteiger partial charge < -0.3 is 5.32 Å². The lowest BCUT2D eigenvalue weighted by Crippen LogP contribution is -2.30. The standard InChI is InChI=1S/C20H22FN3O3S2/c1-4-24(5-2)29(26,27)19-9-8-16(28-19)12-22-20(25)17-10-14-6-7-15(21)11-18(14)23-13(17)3/h6-11H,4-5,12H2,1-3H3,(H,22,25). The van der Waals surface area contributed by atoms with Crippen LogP contribution in [0.2, 0.25) is 0 Å². The van der Waals surface area contributed by atoms with Crippen molar-refractivity contribution in [3.05, 3.63) is 58.3 Å². The molecule has 3 aromatic rings. The number of aromatic nitrogens is 1. The first kappa shape index (κ1) is 21.4. The summed E-state index contributed by atoms with van der Waals surface area (Å²) in [5.41, 5.74) is 1.39. The number of amides is 1. The molecule has 0 saturated heterocycles. The molecule has 9 heteroatoms. The second-order valence-electron chi connectivity index (χ2n) is 6.45. The van der Waals surface area contributed by atoms with Gasteiger partial charge in [0.15, 0.2) is 0 Å². The minimum atomic E-state index is -3.51. The Hall–Kier alpha value is -2.36. The van der Waals surface area contributed by atoms with Crippen molar-refractivity contribution in [3.8, 4) is 0 Å². The number of nitrogens with one attached hydrogen (secondary N) is 1. The van der Waals surface area contributed by atoms with Gasteiger partial charge in [-0.1, -0.05) is 13.8 Å². The van der Waals surface area contributed by atoms with E-state index in [9.17, 15) is 17.6 Å². The second-order valence-corrected chi connectivity index (χ2v) is 9.78. The van der Waals surface area contributed by atoms with Gasteiger partial charge in [-0.25, -0.2) is 12.8 Å². The number of pyridine rings is 1. The molecule has 0 aliphatic carbocycles. The predicted octanol–water partition coefficient (Wildman–Crippen LogP) is 3.70. The van der Waals surface area contributed by atoms with E-state index >= 15 is 0 Å². The zero-order chi connectivity index (χ0) is 21.2. The summed E-state index contributed by atoms with van der Waals surface area (Å²) in [5, 5.41) is 3.48. The van der Waals surface area contributed by atoms with Gasteiger partial charge in [0.25, 0.3) is 15.9 Å². The van der Waals surface area contributed by atoms with E-state index in [-0.39, 0.29) is 22.5 Å². The highest BCUT2D eigenvalue weighted by Crippen LogP contribution is 2.25. The number of hydrogen-bond acceptors (Lipinski definition) is 5. The van der Waals surface area contributed by atoms with Crippen molar-refractivity contribution in [3.63, 3.8) is 0 Å². The normalized spacial score (nSPS) is 11.9. The van der Waals surface area contributed by atoms with Gasteiger partial charge in [-0.05, 0) is 37.3 Å². The Morgan fingerprint density at radius 2 is 1.90 bits per heavy atom. The van der Waals surface area contributed by atoms with Crippen LogP contribution in [-0.2, 0) is 16.6 Å². The Balaban J connectivity index is 1.75. The molecule has 0 aliphatic heterocycles. The van der Waals surface area contributed by atoms with Crippen LogP contribution < -0.4 is 5.32 Å². The van der Waals surface area contributed by atoms with Gasteiger partial charge in [0.05, 0.1) is 23.3 Å². The Kier molecular flexibility index (Phi) is 6.30. The molecular formula is C20H22FN3O3S2. The maximum atomic E-state index is 13.4. The van der Waals surface area contributed by atoms with E-state index in [4.69, 9.17) is 0 Å². The number of benzene rings is 1. The largest absolute Gasteiger partial charge is 0.347 e. The molecule has 3 rings (SSSR count). The van der Waals surface area contributed by atoms with Crippen molar-refractivity contribution >= 4 is 38.2 Å². The summed E-state index contributed by atoms with van der Waals surface area (Å²) in [6, 6.07) is 9.18. The molecule has 0 fully saturated rings. The van der Waals surface area contributed by atoms with Crippen LogP contribution in [0.5, 0.6) is 0 Å². The number of thiophene rings is 1. The van der Waals surface area contributed by atoms with Crippen molar-refractivity contribution in [2.75, 3.05) is 13.1 Å². The maximum Gasteiger partial charge on any atom is 0.253 e. The summed E-state index contributed by atoms with van der Waals surface area (Å²) in [5.74, 6) is -0.697. The molecule has 1 N–H and O–H groups in total. The number of sulfonamides is 1. The third kappa shape index (κ3) is 4.47. The summed E-state index contributed by atoms with van der Waals surface area (Å²) in [6.45, 7) is 6.30. The number of aryl methyl sites for hydroxylation is 1. The average molecular weight is 436 g/mol. The molecule has 0 aliphatic rings. The molecule has 0 radical (unpaired) electrons. The van der Waals surface area contributed by atoms with Crippen molar-refractivity contribution in [2.24, 2.45) is 0 Å². The molecule has 0 atom stereocenters. The number of fused-ring (bicyclic) bond motifs is 1. The van der Waals surface area contributed by atoms with E-state index in [2.05, 4.69) is 10.3 Å². The Morgan fingerprint density at radius 3 is 2.59 bits per heavy atom. The van der Waals surface area contributed by atoms with Crippen LogP contribution in [0.4, 0.5) is 4.39 Å². The highest BCUT2D eigenvalue weighted by atomic mass is 32.2. The molecule has 1 aromatic carbocycles. The van der Waals surface area contributed by atoms with Crippen LogP contribution >= 0.6 is 11.3 Å². The highest BCUT2D eigenvalue weighted by molar-refractivity contribution is 7.91. The SMILES string of the molecule is CCN(CC)S(=O)(=O)c1ccc(CNC(=O)c2cc3ccc(F)cc3nc2C)s1. The summed E-state index contributed by atoms with van der Waals surface area (Å²) < 4.78 is 40.2. The molecule has 2 heterocycles. The molecule has 0 spiro atoms. The van der Waals surface area contributed by atoms with Crippen molar-refractivity contribution < 1.29 is 17.6 Å². The monoisotopic (exact) mass is 435 g/mol. The Bertz CT molecular complexity index is 1150. The number of rotatable bonds is 7. The van der Waals surface area contributed by atoms with Crippen molar-refractivity contribution in [1.82, 2.24) is 14.6 Å². The number of nitrogens with zero attached hydrogens (tertiary/aromatic N) is 2.